The smallest absolute Gasteiger partial charge is 0.224 e. The molecule has 0 aromatic heterocycles. The van der Waals surface area contributed by atoms with E-state index >= 15 is 0 Å². The number of nitrogens with one attached hydrogen (secondary N) is 1. The Kier molecular flexibility index (Phi) is 4.38. The van der Waals surface area contributed by atoms with Crippen molar-refractivity contribution in [3.05, 3.63) is 23.3 Å². The summed E-state index contributed by atoms with van der Waals surface area (Å²) in [5, 5.41) is 12.5. The Morgan fingerprint density at radius 1 is 1.22 bits per heavy atom. The van der Waals surface area contributed by atoms with E-state index in [1.807, 2.05) is 13.8 Å². The molecular weight excluding hydrogens is 226 g/mol. The molecule has 2 N–H and O–H groups in total. The maximum absolute atomic E-state index is 11.8. The van der Waals surface area contributed by atoms with E-state index in [4.69, 9.17) is 0 Å². The van der Waals surface area contributed by atoms with Crippen LogP contribution in [0, 0.1) is 19.3 Å². The number of benzene rings is 1. The minimum absolute atomic E-state index is 0.0260. The van der Waals surface area contributed by atoms with E-state index in [1.54, 1.807) is 12.1 Å². The van der Waals surface area contributed by atoms with E-state index in [1.165, 1.54) is 0 Å². The monoisotopic (exact) mass is 249 g/mol. The zero-order chi connectivity index (χ0) is 13.9. The van der Waals surface area contributed by atoms with Crippen LogP contribution in [0.5, 0.6) is 5.75 Å². The molecule has 0 aliphatic rings. The molecule has 1 aromatic carbocycles. The van der Waals surface area contributed by atoms with Crippen LogP contribution in [-0.2, 0) is 4.79 Å². The molecule has 3 nitrogen and oxygen atoms in total. The average Bonchev–Trinajstić information content (AvgIpc) is 2.22. The molecule has 0 heterocycles. The normalized spacial score (nSPS) is 11.4. The van der Waals surface area contributed by atoms with Crippen LogP contribution in [0.3, 0.4) is 0 Å². The zero-order valence-electron chi connectivity index (χ0n) is 11.9. The van der Waals surface area contributed by atoms with Crippen LogP contribution in [-0.4, -0.2) is 11.0 Å². The number of phenolic OH excluding ortho intramolecular Hbond substituents is 1. The summed E-state index contributed by atoms with van der Waals surface area (Å²) >= 11 is 0. The van der Waals surface area contributed by atoms with Crippen molar-refractivity contribution >= 4 is 11.6 Å². The van der Waals surface area contributed by atoms with E-state index in [0.29, 0.717) is 6.42 Å². The van der Waals surface area contributed by atoms with Gasteiger partial charge in [0.1, 0.15) is 5.75 Å². The highest BCUT2D eigenvalue weighted by atomic mass is 16.3. The molecule has 0 bridgehead atoms. The third-order valence-electron chi connectivity index (χ3n) is 2.92. The quantitative estimate of drug-likeness (QED) is 0.801. The second-order valence-corrected chi connectivity index (χ2v) is 6.06. The summed E-state index contributed by atoms with van der Waals surface area (Å²) < 4.78 is 0. The third-order valence-corrected chi connectivity index (χ3v) is 2.92. The van der Waals surface area contributed by atoms with Crippen LogP contribution in [0.1, 0.15) is 44.7 Å². The van der Waals surface area contributed by atoms with Crippen LogP contribution >= 0.6 is 0 Å². The van der Waals surface area contributed by atoms with Gasteiger partial charge in [-0.15, -0.1) is 0 Å². The number of hydrogen-bond acceptors (Lipinski definition) is 2. The van der Waals surface area contributed by atoms with Crippen LogP contribution in [0.2, 0.25) is 0 Å². The number of carbonyl (C=O) groups is 1. The lowest BCUT2D eigenvalue weighted by Gasteiger charge is -2.17. The number of amides is 1. The second-order valence-electron chi connectivity index (χ2n) is 6.06. The van der Waals surface area contributed by atoms with Crippen LogP contribution in [0.4, 0.5) is 5.69 Å². The highest BCUT2D eigenvalue weighted by Gasteiger charge is 2.13. The standard InChI is InChI=1S/C15H23NO2/c1-10-9-13(17)11(2)8-12(10)16-14(18)6-7-15(3,4)5/h8-9,17H,6-7H2,1-5H3,(H,16,18). The molecule has 18 heavy (non-hydrogen) atoms. The van der Waals surface area contributed by atoms with Gasteiger partial charge in [-0.2, -0.15) is 0 Å². The molecule has 0 fully saturated rings. The Hall–Kier alpha value is -1.51. The van der Waals surface area contributed by atoms with Crippen molar-refractivity contribution in [3.8, 4) is 5.75 Å². The molecule has 0 spiro atoms. The molecule has 3 heteroatoms. The predicted molar refractivity (Wildman–Crippen MR) is 74.9 cm³/mol. The Labute approximate surface area is 109 Å². The molecule has 0 atom stereocenters. The SMILES string of the molecule is Cc1cc(NC(=O)CCC(C)(C)C)c(C)cc1O. The van der Waals surface area contributed by atoms with Crippen molar-refractivity contribution < 1.29 is 9.90 Å². The zero-order valence-corrected chi connectivity index (χ0v) is 11.9. The van der Waals surface area contributed by atoms with Crippen LogP contribution in [0.15, 0.2) is 12.1 Å². The van der Waals surface area contributed by atoms with E-state index in [9.17, 15) is 9.90 Å². The summed E-state index contributed by atoms with van der Waals surface area (Å²) in [5.74, 6) is 0.290. The number of aromatic hydroxyl groups is 1. The van der Waals surface area contributed by atoms with Gasteiger partial charge in [0.05, 0.1) is 0 Å². The molecule has 0 radical (unpaired) electrons. The van der Waals surface area contributed by atoms with Crippen molar-refractivity contribution in [2.24, 2.45) is 5.41 Å². The van der Waals surface area contributed by atoms with Gasteiger partial charge in [0.2, 0.25) is 5.91 Å². The number of hydrogen-bond donors (Lipinski definition) is 2. The third kappa shape index (κ3) is 4.40. The van der Waals surface area contributed by atoms with Crippen molar-refractivity contribution in [1.82, 2.24) is 0 Å². The fourth-order valence-corrected chi connectivity index (χ4v) is 1.64. The first-order chi connectivity index (χ1) is 8.19. The lowest BCUT2D eigenvalue weighted by molar-refractivity contribution is -0.116. The molecule has 0 unspecified atom stereocenters. The van der Waals surface area contributed by atoms with Gasteiger partial charge < -0.3 is 10.4 Å². The minimum atomic E-state index is 0.0260. The summed E-state index contributed by atoms with van der Waals surface area (Å²) in [6, 6.07) is 3.48. The van der Waals surface area contributed by atoms with Gasteiger partial charge in [-0.05, 0) is 48.9 Å². The first-order valence-electron chi connectivity index (χ1n) is 6.29. The van der Waals surface area contributed by atoms with Crippen molar-refractivity contribution in [2.75, 3.05) is 5.32 Å². The average molecular weight is 249 g/mol. The summed E-state index contributed by atoms with van der Waals surface area (Å²) in [4.78, 5) is 11.8. The van der Waals surface area contributed by atoms with E-state index in [2.05, 4.69) is 26.1 Å². The Balaban J connectivity index is 2.68. The molecule has 0 aliphatic heterocycles. The summed E-state index contributed by atoms with van der Waals surface area (Å²) in [6.45, 7) is 10.1. The van der Waals surface area contributed by atoms with Gasteiger partial charge in [0, 0.05) is 12.1 Å². The molecule has 100 valence electrons. The first-order valence-corrected chi connectivity index (χ1v) is 6.29. The molecular formula is C15H23NO2. The molecule has 0 saturated heterocycles. The minimum Gasteiger partial charge on any atom is -0.508 e. The maximum Gasteiger partial charge on any atom is 0.224 e. The summed E-state index contributed by atoms with van der Waals surface area (Å²) in [6.07, 6.45) is 1.37. The Bertz CT molecular complexity index is 445. The lowest BCUT2D eigenvalue weighted by atomic mass is 9.90. The number of anilines is 1. The molecule has 0 aliphatic carbocycles. The lowest BCUT2D eigenvalue weighted by Crippen LogP contribution is -2.16. The molecule has 1 rings (SSSR count). The fourth-order valence-electron chi connectivity index (χ4n) is 1.64. The predicted octanol–water partition coefficient (Wildman–Crippen LogP) is 3.77. The topological polar surface area (TPSA) is 49.3 Å². The highest BCUT2D eigenvalue weighted by Crippen LogP contribution is 2.26. The van der Waals surface area contributed by atoms with E-state index in [-0.39, 0.29) is 17.1 Å². The summed E-state index contributed by atoms with van der Waals surface area (Å²) in [5.41, 5.74) is 2.59. The second kappa shape index (κ2) is 5.42. The van der Waals surface area contributed by atoms with Gasteiger partial charge in [0.15, 0.2) is 0 Å². The number of aryl methyl sites for hydroxylation is 2. The van der Waals surface area contributed by atoms with Crippen LogP contribution < -0.4 is 5.32 Å². The number of carbonyl (C=O) groups excluding carboxylic acids is 1. The van der Waals surface area contributed by atoms with Crippen molar-refractivity contribution in [1.29, 1.82) is 0 Å². The highest BCUT2D eigenvalue weighted by molar-refractivity contribution is 5.91. The molecule has 0 saturated carbocycles. The van der Waals surface area contributed by atoms with Gasteiger partial charge in [0.25, 0.3) is 0 Å². The number of rotatable bonds is 3. The summed E-state index contributed by atoms with van der Waals surface area (Å²) in [7, 11) is 0. The Morgan fingerprint density at radius 2 is 1.83 bits per heavy atom. The van der Waals surface area contributed by atoms with Gasteiger partial charge in [-0.3, -0.25) is 4.79 Å². The van der Waals surface area contributed by atoms with Gasteiger partial charge >= 0.3 is 0 Å². The number of phenols is 1. The fraction of sp³-hybridized carbons (Fsp3) is 0.533. The Morgan fingerprint density at radius 3 is 2.39 bits per heavy atom. The molecule has 1 aromatic rings. The van der Waals surface area contributed by atoms with Gasteiger partial charge in [-0.25, -0.2) is 0 Å². The van der Waals surface area contributed by atoms with Gasteiger partial charge in [-0.1, -0.05) is 20.8 Å². The van der Waals surface area contributed by atoms with E-state index in [0.717, 1.165) is 23.2 Å². The van der Waals surface area contributed by atoms with E-state index < -0.39 is 0 Å². The first kappa shape index (κ1) is 14.6. The van der Waals surface area contributed by atoms with Crippen molar-refractivity contribution in [3.63, 3.8) is 0 Å². The van der Waals surface area contributed by atoms with Crippen molar-refractivity contribution in [2.45, 2.75) is 47.5 Å². The maximum atomic E-state index is 11.8. The van der Waals surface area contributed by atoms with Crippen LogP contribution in [0.25, 0.3) is 0 Å². The largest absolute Gasteiger partial charge is 0.508 e. The molecule has 1 amide bonds.